The van der Waals surface area contributed by atoms with E-state index in [4.69, 9.17) is 4.74 Å². The van der Waals surface area contributed by atoms with Crippen LogP contribution in [-0.2, 0) is 11.3 Å². The van der Waals surface area contributed by atoms with Crippen LogP contribution in [0.4, 0.5) is 0 Å². The average molecular weight is 398 g/mol. The molecule has 1 amide bonds. The summed E-state index contributed by atoms with van der Waals surface area (Å²) < 4.78 is 7.18. The van der Waals surface area contributed by atoms with E-state index in [1.807, 2.05) is 31.2 Å². The molecule has 1 aliphatic rings. The number of rotatable bonds is 5. The molecule has 0 atom stereocenters. The summed E-state index contributed by atoms with van der Waals surface area (Å²) in [4.78, 5) is 29.7. The highest BCUT2D eigenvalue weighted by Gasteiger charge is 2.20. The van der Waals surface area contributed by atoms with Crippen molar-refractivity contribution in [2.75, 3.05) is 7.11 Å². The molecule has 1 aliphatic carbocycles. The Hall–Kier alpha value is -2.74. The van der Waals surface area contributed by atoms with Gasteiger partial charge in [-0.05, 0) is 44.0 Å². The minimum Gasteiger partial charge on any atom is -0.497 e. The Balaban J connectivity index is 1.73. The summed E-state index contributed by atoms with van der Waals surface area (Å²) in [7, 11) is 1.61. The summed E-state index contributed by atoms with van der Waals surface area (Å²) in [6.07, 6.45) is 4.26. The van der Waals surface area contributed by atoms with Gasteiger partial charge in [-0.1, -0.05) is 12.8 Å². The lowest BCUT2D eigenvalue weighted by Gasteiger charge is -2.13. The van der Waals surface area contributed by atoms with Crippen molar-refractivity contribution in [3.63, 3.8) is 0 Å². The van der Waals surface area contributed by atoms with Gasteiger partial charge in [0.05, 0.1) is 16.8 Å². The molecule has 28 heavy (non-hydrogen) atoms. The molecule has 1 saturated carbocycles. The minimum absolute atomic E-state index is 0.106. The second-order valence-electron chi connectivity index (χ2n) is 7.00. The van der Waals surface area contributed by atoms with Gasteiger partial charge in [-0.15, -0.1) is 11.3 Å². The van der Waals surface area contributed by atoms with Gasteiger partial charge in [0.1, 0.15) is 18.0 Å². The number of aromatic nitrogens is 3. The van der Waals surface area contributed by atoms with Gasteiger partial charge in [0.15, 0.2) is 5.52 Å². The fraction of sp³-hybridized carbons (Fsp3) is 0.400. The summed E-state index contributed by atoms with van der Waals surface area (Å²) >= 11 is 1.43. The van der Waals surface area contributed by atoms with Crippen LogP contribution < -0.4 is 15.6 Å². The Morgan fingerprint density at radius 2 is 2.00 bits per heavy atom. The number of amides is 1. The van der Waals surface area contributed by atoms with E-state index < -0.39 is 0 Å². The third-order valence-corrected chi connectivity index (χ3v) is 5.96. The maximum Gasteiger partial charge on any atom is 0.294 e. The first-order valence-electron chi connectivity index (χ1n) is 9.37. The molecule has 3 aromatic rings. The first-order chi connectivity index (χ1) is 13.5. The Morgan fingerprint density at radius 1 is 1.29 bits per heavy atom. The van der Waals surface area contributed by atoms with Crippen LogP contribution in [0.1, 0.15) is 30.7 Å². The molecular weight excluding hydrogens is 376 g/mol. The van der Waals surface area contributed by atoms with Crippen LogP contribution in [0, 0.1) is 6.92 Å². The molecule has 0 aliphatic heterocycles. The number of nitrogens with zero attached hydrogens (tertiary/aromatic N) is 3. The predicted molar refractivity (Wildman–Crippen MR) is 109 cm³/mol. The summed E-state index contributed by atoms with van der Waals surface area (Å²) in [5, 5.41) is 8.32. The van der Waals surface area contributed by atoms with Gasteiger partial charge >= 0.3 is 0 Å². The largest absolute Gasteiger partial charge is 0.497 e. The number of thiazole rings is 1. The van der Waals surface area contributed by atoms with Crippen LogP contribution in [0.25, 0.3) is 21.5 Å². The van der Waals surface area contributed by atoms with Gasteiger partial charge in [-0.2, -0.15) is 5.10 Å². The van der Waals surface area contributed by atoms with Gasteiger partial charge in [-0.25, -0.2) is 9.67 Å². The lowest BCUT2D eigenvalue weighted by molar-refractivity contribution is -0.122. The Kier molecular flexibility index (Phi) is 5.13. The van der Waals surface area contributed by atoms with Crippen molar-refractivity contribution in [1.29, 1.82) is 0 Å². The smallest absolute Gasteiger partial charge is 0.294 e. The molecule has 2 heterocycles. The number of carbonyl (C=O) groups excluding carboxylic acids is 1. The molecule has 2 aromatic heterocycles. The number of nitrogens with one attached hydrogen (secondary N) is 1. The Bertz CT molecular complexity index is 1070. The average Bonchev–Trinajstić information content (AvgIpc) is 3.33. The van der Waals surface area contributed by atoms with E-state index >= 15 is 0 Å². The maximum absolute atomic E-state index is 12.8. The standard InChI is InChI=1S/C20H22N4O3S/c1-12-21-18-19(28-12)17(13-7-9-15(27-2)10-8-13)23-24(20(18)26)11-16(25)22-14-5-3-4-6-14/h7-10,14H,3-6,11H2,1-2H3,(H,22,25). The first kappa shape index (κ1) is 18.6. The SMILES string of the molecule is COc1ccc(-c2nn(CC(=O)NC3CCCC3)c(=O)c3nc(C)sc23)cc1. The summed E-state index contributed by atoms with van der Waals surface area (Å²) in [5.74, 6) is 0.554. The molecule has 146 valence electrons. The van der Waals surface area contributed by atoms with E-state index in [1.54, 1.807) is 7.11 Å². The number of methoxy groups -OCH3 is 1. The fourth-order valence-corrected chi connectivity index (χ4v) is 4.51. The maximum atomic E-state index is 12.8. The topological polar surface area (TPSA) is 86.1 Å². The number of carbonyl (C=O) groups is 1. The molecule has 0 radical (unpaired) electrons. The van der Waals surface area contributed by atoms with Crippen LogP contribution in [0.5, 0.6) is 5.75 Å². The van der Waals surface area contributed by atoms with Gasteiger partial charge in [0.2, 0.25) is 5.91 Å². The highest BCUT2D eigenvalue weighted by molar-refractivity contribution is 7.19. The fourth-order valence-electron chi connectivity index (χ4n) is 3.59. The van der Waals surface area contributed by atoms with Crippen LogP contribution in [-0.4, -0.2) is 33.8 Å². The van der Waals surface area contributed by atoms with Crippen LogP contribution in [0.3, 0.4) is 0 Å². The van der Waals surface area contributed by atoms with E-state index in [0.717, 1.165) is 46.7 Å². The monoisotopic (exact) mass is 398 g/mol. The number of hydrogen-bond acceptors (Lipinski definition) is 6. The normalized spacial score (nSPS) is 14.5. The number of ether oxygens (including phenoxy) is 1. The van der Waals surface area contributed by atoms with E-state index in [9.17, 15) is 9.59 Å². The van der Waals surface area contributed by atoms with Gasteiger partial charge in [0, 0.05) is 11.6 Å². The van der Waals surface area contributed by atoms with Crippen molar-refractivity contribution in [3.8, 4) is 17.0 Å². The summed E-state index contributed by atoms with van der Waals surface area (Å²) in [6, 6.07) is 7.68. The lowest BCUT2D eigenvalue weighted by atomic mass is 10.1. The molecule has 0 saturated heterocycles. The van der Waals surface area contributed by atoms with Crippen LogP contribution in [0.2, 0.25) is 0 Å². The van der Waals surface area contributed by atoms with Crippen molar-refractivity contribution in [2.24, 2.45) is 0 Å². The molecule has 1 N–H and O–H groups in total. The van der Waals surface area contributed by atoms with Crippen molar-refractivity contribution < 1.29 is 9.53 Å². The third kappa shape index (κ3) is 3.64. The Morgan fingerprint density at radius 3 is 2.68 bits per heavy atom. The van der Waals surface area contributed by atoms with E-state index in [1.165, 1.54) is 16.0 Å². The van der Waals surface area contributed by atoms with Crippen LogP contribution in [0.15, 0.2) is 29.1 Å². The van der Waals surface area contributed by atoms with Gasteiger partial charge in [0.25, 0.3) is 5.56 Å². The van der Waals surface area contributed by atoms with E-state index in [-0.39, 0.29) is 24.1 Å². The number of fused-ring (bicyclic) bond motifs is 1. The van der Waals surface area contributed by atoms with Crippen LogP contribution >= 0.6 is 11.3 Å². The predicted octanol–water partition coefficient (Wildman–Crippen LogP) is 2.90. The molecule has 4 rings (SSSR count). The second-order valence-corrected chi connectivity index (χ2v) is 8.20. The van der Waals surface area contributed by atoms with E-state index in [2.05, 4.69) is 15.4 Å². The lowest BCUT2D eigenvalue weighted by Crippen LogP contribution is -2.38. The van der Waals surface area contributed by atoms with E-state index in [0.29, 0.717) is 11.2 Å². The van der Waals surface area contributed by atoms with Crippen molar-refractivity contribution in [2.45, 2.75) is 45.2 Å². The molecule has 0 bridgehead atoms. The molecular formula is C20H22N4O3S. The molecule has 7 nitrogen and oxygen atoms in total. The number of benzene rings is 1. The number of hydrogen-bond donors (Lipinski definition) is 1. The third-order valence-electron chi connectivity index (χ3n) is 4.98. The van der Waals surface area contributed by atoms with Crippen molar-refractivity contribution >= 4 is 27.5 Å². The summed E-state index contributed by atoms with van der Waals surface area (Å²) in [5.41, 5.74) is 1.52. The highest BCUT2D eigenvalue weighted by atomic mass is 32.1. The molecule has 1 aromatic carbocycles. The summed E-state index contributed by atoms with van der Waals surface area (Å²) in [6.45, 7) is 1.75. The molecule has 0 spiro atoms. The molecule has 8 heteroatoms. The quantitative estimate of drug-likeness (QED) is 0.714. The molecule has 1 fully saturated rings. The number of aryl methyl sites for hydroxylation is 1. The Labute approximate surface area is 166 Å². The zero-order chi connectivity index (χ0) is 19.7. The van der Waals surface area contributed by atoms with Gasteiger partial charge in [-0.3, -0.25) is 9.59 Å². The van der Waals surface area contributed by atoms with Crippen molar-refractivity contribution in [3.05, 3.63) is 39.6 Å². The minimum atomic E-state index is -0.335. The van der Waals surface area contributed by atoms with Gasteiger partial charge < -0.3 is 10.1 Å². The zero-order valence-electron chi connectivity index (χ0n) is 15.9. The molecule has 0 unspecified atom stereocenters. The van der Waals surface area contributed by atoms with Crippen molar-refractivity contribution in [1.82, 2.24) is 20.1 Å². The first-order valence-corrected chi connectivity index (χ1v) is 10.2. The second kappa shape index (κ2) is 7.71. The zero-order valence-corrected chi connectivity index (χ0v) is 16.7. The highest BCUT2D eigenvalue weighted by Crippen LogP contribution is 2.30.